The van der Waals surface area contributed by atoms with E-state index in [2.05, 4.69) is 40.7 Å². The van der Waals surface area contributed by atoms with E-state index in [0.29, 0.717) is 16.9 Å². The van der Waals surface area contributed by atoms with Crippen LogP contribution in [0, 0.1) is 46.3 Å². The maximum atomic E-state index is 6.27. The lowest BCUT2D eigenvalue weighted by Gasteiger charge is -2.58. The Kier molecular flexibility index (Phi) is 8.37. The number of ether oxygens (including phenoxy) is 2. The van der Waals surface area contributed by atoms with Crippen molar-refractivity contribution in [3.05, 3.63) is 11.6 Å². The van der Waals surface area contributed by atoms with Gasteiger partial charge in [0.1, 0.15) is 0 Å². The smallest absolute Gasteiger partial charge is 0.0612 e. The Morgan fingerprint density at radius 2 is 1.76 bits per heavy atom. The van der Waals surface area contributed by atoms with Crippen molar-refractivity contribution in [1.82, 2.24) is 0 Å². The summed E-state index contributed by atoms with van der Waals surface area (Å²) < 4.78 is 11.5. The molecule has 0 spiro atoms. The van der Waals surface area contributed by atoms with Crippen LogP contribution in [-0.4, -0.2) is 26.4 Å². The van der Waals surface area contributed by atoms with Crippen LogP contribution in [-0.2, 0) is 9.47 Å². The molecule has 0 aliphatic heterocycles. The minimum absolute atomic E-state index is 0.439. The molecular formula is C31H54O2. The molecular weight excluding hydrogens is 404 g/mol. The van der Waals surface area contributed by atoms with Crippen LogP contribution in [0.1, 0.15) is 112 Å². The van der Waals surface area contributed by atoms with Gasteiger partial charge in [-0.15, -0.1) is 0 Å². The zero-order chi connectivity index (χ0) is 23.6. The van der Waals surface area contributed by atoms with Crippen LogP contribution in [0.3, 0.4) is 0 Å². The summed E-state index contributed by atoms with van der Waals surface area (Å²) in [5, 5.41) is 0. The summed E-state index contributed by atoms with van der Waals surface area (Å²) in [6, 6.07) is 0. The highest BCUT2D eigenvalue weighted by Gasteiger charge is 2.59. The van der Waals surface area contributed by atoms with Crippen molar-refractivity contribution in [2.45, 2.75) is 118 Å². The van der Waals surface area contributed by atoms with Gasteiger partial charge in [-0.05, 0) is 104 Å². The predicted molar refractivity (Wildman–Crippen MR) is 139 cm³/mol. The molecule has 0 bridgehead atoms. The molecule has 4 rings (SSSR count). The summed E-state index contributed by atoms with van der Waals surface area (Å²) in [6.45, 7) is 14.4. The largest absolute Gasteiger partial charge is 0.385 e. The van der Waals surface area contributed by atoms with Gasteiger partial charge in [0.05, 0.1) is 6.10 Å². The molecule has 0 aromatic rings. The Hall–Kier alpha value is -0.340. The van der Waals surface area contributed by atoms with Crippen molar-refractivity contribution in [3.8, 4) is 0 Å². The minimum atomic E-state index is 0.439. The number of methoxy groups -OCH3 is 1. The van der Waals surface area contributed by atoms with E-state index in [9.17, 15) is 0 Å². The van der Waals surface area contributed by atoms with Crippen LogP contribution in [0.5, 0.6) is 0 Å². The number of hydrogen-bond acceptors (Lipinski definition) is 2. The Morgan fingerprint density at radius 1 is 0.939 bits per heavy atom. The van der Waals surface area contributed by atoms with E-state index in [1.165, 1.54) is 70.6 Å². The molecule has 0 heterocycles. The fourth-order valence-electron chi connectivity index (χ4n) is 9.25. The van der Waals surface area contributed by atoms with Crippen molar-refractivity contribution in [1.29, 1.82) is 0 Å². The molecule has 4 aliphatic rings. The van der Waals surface area contributed by atoms with E-state index in [4.69, 9.17) is 9.47 Å². The van der Waals surface area contributed by atoms with Gasteiger partial charge in [-0.3, -0.25) is 0 Å². The molecule has 33 heavy (non-hydrogen) atoms. The van der Waals surface area contributed by atoms with E-state index in [1.54, 1.807) is 12.7 Å². The molecule has 190 valence electrons. The third kappa shape index (κ3) is 5.13. The Bertz CT molecular complexity index is 668. The third-order valence-corrected chi connectivity index (χ3v) is 11.1. The van der Waals surface area contributed by atoms with Crippen molar-refractivity contribution in [3.63, 3.8) is 0 Å². The van der Waals surface area contributed by atoms with Gasteiger partial charge in [0, 0.05) is 20.3 Å². The van der Waals surface area contributed by atoms with Gasteiger partial charge in [0.15, 0.2) is 0 Å². The van der Waals surface area contributed by atoms with E-state index in [1.807, 2.05) is 0 Å². The van der Waals surface area contributed by atoms with Crippen molar-refractivity contribution >= 4 is 0 Å². The topological polar surface area (TPSA) is 18.5 Å². The summed E-state index contributed by atoms with van der Waals surface area (Å²) in [5.74, 6) is 5.54. The van der Waals surface area contributed by atoms with Crippen LogP contribution in [0.2, 0.25) is 0 Å². The molecule has 0 saturated heterocycles. The molecule has 0 N–H and O–H groups in total. The summed E-state index contributed by atoms with van der Waals surface area (Å²) in [7, 11) is 1.78. The first-order chi connectivity index (χ1) is 15.8. The summed E-state index contributed by atoms with van der Waals surface area (Å²) in [4.78, 5) is 0. The standard InChI is InChI=1S/C31H54O2/c1-22(2)9-7-10-23(3)27-13-14-28-26-12-11-24-21-25(33-20-8-19-32-6)15-17-30(24,4)29(26)16-18-31(27,28)5/h11,22-23,25-29H,7-10,12-21H2,1-6H3/t23-,25?,26?,27?,28?,29?,30?,31?/m1/s1. The summed E-state index contributed by atoms with van der Waals surface area (Å²) in [5.41, 5.74) is 2.80. The lowest BCUT2D eigenvalue weighted by Crippen LogP contribution is -2.51. The number of fused-ring (bicyclic) bond motifs is 5. The molecule has 3 saturated carbocycles. The second kappa shape index (κ2) is 10.7. The van der Waals surface area contributed by atoms with Crippen molar-refractivity contribution in [2.24, 2.45) is 46.3 Å². The fourth-order valence-corrected chi connectivity index (χ4v) is 9.25. The highest BCUT2D eigenvalue weighted by molar-refractivity contribution is 5.25. The number of hydrogen-bond donors (Lipinski definition) is 0. The molecule has 2 nitrogen and oxygen atoms in total. The molecule has 0 aromatic carbocycles. The van der Waals surface area contributed by atoms with E-state index < -0.39 is 0 Å². The number of rotatable bonds is 10. The van der Waals surface area contributed by atoms with E-state index in [-0.39, 0.29) is 0 Å². The Balaban J connectivity index is 1.40. The molecule has 0 amide bonds. The average Bonchev–Trinajstić information content (AvgIpc) is 3.14. The SMILES string of the molecule is COCCCOC1CCC2(C)C(=CCC3C2CCC2(C)C3CCC2[C@H](C)CCCC(C)C)C1. The summed E-state index contributed by atoms with van der Waals surface area (Å²) in [6.07, 6.45) is 19.5. The second-order valence-electron chi connectivity index (χ2n) is 13.4. The monoisotopic (exact) mass is 458 g/mol. The average molecular weight is 459 g/mol. The van der Waals surface area contributed by atoms with Crippen LogP contribution in [0.25, 0.3) is 0 Å². The lowest BCUT2D eigenvalue weighted by atomic mass is 9.47. The van der Waals surface area contributed by atoms with Crippen molar-refractivity contribution < 1.29 is 9.47 Å². The van der Waals surface area contributed by atoms with Crippen LogP contribution in [0.15, 0.2) is 11.6 Å². The van der Waals surface area contributed by atoms with E-state index in [0.717, 1.165) is 55.1 Å². The maximum Gasteiger partial charge on any atom is 0.0612 e. The molecule has 3 fully saturated rings. The number of allylic oxidation sites excluding steroid dienone is 1. The van der Waals surface area contributed by atoms with Gasteiger partial charge >= 0.3 is 0 Å². The Labute approximate surface area is 205 Å². The first-order valence-corrected chi connectivity index (χ1v) is 14.6. The maximum absolute atomic E-state index is 6.27. The normalized spacial score (nSPS) is 41.3. The first kappa shape index (κ1) is 25.7. The van der Waals surface area contributed by atoms with Crippen LogP contribution < -0.4 is 0 Å². The van der Waals surface area contributed by atoms with Gasteiger partial charge in [-0.25, -0.2) is 0 Å². The first-order valence-electron chi connectivity index (χ1n) is 14.6. The van der Waals surface area contributed by atoms with Gasteiger partial charge in [0.25, 0.3) is 0 Å². The van der Waals surface area contributed by atoms with E-state index >= 15 is 0 Å². The lowest BCUT2D eigenvalue weighted by molar-refractivity contribution is -0.0646. The van der Waals surface area contributed by atoms with Crippen molar-refractivity contribution in [2.75, 3.05) is 20.3 Å². The fraction of sp³-hybridized carbons (Fsp3) is 0.935. The molecule has 2 heteroatoms. The predicted octanol–water partition coefficient (Wildman–Crippen LogP) is 8.45. The highest BCUT2D eigenvalue weighted by atomic mass is 16.5. The molecule has 8 atom stereocenters. The molecule has 0 radical (unpaired) electrons. The van der Waals surface area contributed by atoms with Gasteiger partial charge in [-0.2, -0.15) is 0 Å². The highest BCUT2D eigenvalue weighted by Crippen LogP contribution is 2.67. The van der Waals surface area contributed by atoms with Crippen LogP contribution >= 0.6 is 0 Å². The zero-order valence-corrected chi connectivity index (χ0v) is 22.8. The molecule has 4 aliphatic carbocycles. The zero-order valence-electron chi connectivity index (χ0n) is 22.8. The van der Waals surface area contributed by atoms with Gasteiger partial charge in [-0.1, -0.05) is 65.5 Å². The van der Waals surface area contributed by atoms with Gasteiger partial charge in [0.2, 0.25) is 0 Å². The minimum Gasteiger partial charge on any atom is -0.385 e. The molecule has 7 unspecified atom stereocenters. The second-order valence-corrected chi connectivity index (χ2v) is 13.4. The summed E-state index contributed by atoms with van der Waals surface area (Å²) >= 11 is 0. The van der Waals surface area contributed by atoms with Gasteiger partial charge < -0.3 is 9.47 Å². The molecule has 0 aromatic heterocycles. The van der Waals surface area contributed by atoms with Crippen LogP contribution in [0.4, 0.5) is 0 Å². The Morgan fingerprint density at radius 3 is 2.52 bits per heavy atom. The quantitative estimate of drug-likeness (QED) is 0.241. The third-order valence-electron chi connectivity index (χ3n) is 11.1.